The second-order valence-corrected chi connectivity index (χ2v) is 6.27. The molecule has 0 aromatic heterocycles. The van der Waals surface area contributed by atoms with Crippen molar-refractivity contribution < 1.29 is 32.6 Å². The second kappa shape index (κ2) is 7.61. The fourth-order valence-electron chi connectivity index (χ4n) is 2.92. The summed E-state index contributed by atoms with van der Waals surface area (Å²) in [5.74, 6) is -2.53. The van der Waals surface area contributed by atoms with Gasteiger partial charge in [0.2, 0.25) is 5.91 Å². The van der Waals surface area contributed by atoms with Crippen molar-refractivity contribution in [3.8, 4) is 0 Å². The molecule has 5 nitrogen and oxygen atoms in total. The monoisotopic (exact) mass is 379 g/mol. The van der Waals surface area contributed by atoms with Gasteiger partial charge < -0.3 is 15.2 Å². The number of carbonyl (C=O) groups excluding carboxylic acids is 1. The van der Waals surface area contributed by atoms with Crippen molar-refractivity contribution in [1.82, 2.24) is 5.32 Å². The standard InChI is InChI=1S/C16H17ClF3NO4/c17-11-4-2-1-3-10(11)15(5-7-25-8-6-15)14(24)21-12(13(22)23)9-16(18,19)20/h1-4,12H,5-9H2,(H,21,24)(H,22,23). The molecule has 1 aromatic carbocycles. The van der Waals surface area contributed by atoms with Gasteiger partial charge in [-0.2, -0.15) is 13.2 Å². The number of aliphatic carboxylic acids is 1. The number of alkyl halides is 3. The maximum atomic E-state index is 12.8. The first-order valence-electron chi connectivity index (χ1n) is 7.59. The predicted molar refractivity (Wildman–Crippen MR) is 83.4 cm³/mol. The predicted octanol–water partition coefficient (Wildman–Crippen LogP) is 2.91. The number of carboxylic acid groups (broad SMARTS) is 1. The summed E-state index contributed by atoms with van der Waals surface area (Å²) in [5, 5.41) is 11.4. The van der Waals surface area contributed by atoms with Gasteiger partial charge in [0.25, 0.3) is 0 Å². The molecule has 1 aliphatic heterocycles. The van der Waals surface area contributed by atoms with Gasteiger partial charge in [-0.05, 0) is 24.5 Å². The number of nitrogens with one attached hydrogen (secondary N) is 1. The number of hydrogen-bond acceptors (Lipinski definition) is 3. The lowest BCUT2D eigenvalue weighted by Crippen LogP contribution is -2.53. The Balaban J connectivity index is 2.33. The Bertz CT molecular complexity index is 645. The third-order valence-corrected chi connectivity index (χ3v) is 4.54. The van der Waals surface area contributed by atoms with Crippen molar-refractivity contribution in [1.29, 1.82) is 0 Å². The molecule has 1 atom stereocenters. The quantitative estimate of drug-likeness (QED) is 0.824. The average Bonchev–Trinajstić information content (AvgIpc) is 2.54. The molecule has 138 valence electrons. The van der Waals surface area contributed by atoms with E-state index >= 15 is 0 Å². The van der Waals surface area contributed by atoms with Gasteiger partial charge in [-0.25, -0.2) is 4.79 Å². The Hall–Kier alpha value is -1.80. The molecule has 9 heteroatoms. The number of ether oxygens (including phenoxy) is 1. The molecule has 0 aliphatic carbocycles. The first kappa shape index (κ1) is 19.5. The van der Waals surface area contributed by atoms with E-state index in [1.165, 1.54) is 0 Å². The van der Waals surface area contributed by atoms with Gasteiger partial charge in [0, 0.05) is 18.2 Å². The van der Waals surface area contributed by atoms with E-state index in [2.05, 4.69) is 0 Å². The molecule has 0 spiro atoms. The van der Waals surface area contributed by atoms with E-state index in [9.17, 15) is 22.8 Å². The van der Waals surface area contributed by atoms with Gasteiger partial charge in [0.05, 0.1) is 11.8 Å². The summed E-state index contributed by atoms with van der Waals surface area (Å²) in [7, 11) is 0. The van der Waals surface area contributed by atoms with Crippen LogP contribution in [0.1, 0.15) is 24.8 Å². The van der Waals surface area contributed by atoms with Gasteiger partial charge >= 0.3 is 12.1 Å². The molecule has 0 saturated carbocycles. The molecule has 0 radical (unpaired) electrons. The minimum atomic E-state index is -4.72. The normalized spacial score (nSPS) is 18.4. The van der Waals surface area contributed by atoms with E-state index in [4.69, 9.17) is 21.4 Å². The van der Waals surface area contributed by atoms with Gasteiger partial charge in [-0.15, -0.1) is 0 Å². The lowest BCUT2D eigenvalue weighted by molar-refractivity contribution is -0.161. The molecular formula is C16H17ClF3NO4. The van der Waals surface area contributed by atoms with Crippen molar-refractivity contribution >= 4 is 23.5 Å². The third-order valence-electron chi connectivity index (χ3n) is 4.21. The van der Waals surface area contributed by atoms with Crippen LogP contribution < -0.4 is 5.32 Å². The van der Waals surface area contributed by atoms with E-state index in [1.807, 2.05) is 5.32 Å². The summed E-state index contributed by atoms with van der Waals surface area (Å²) in [6.45, 7) is 0.436. The highest BCUT2D eigenvalue weighted by Gasteiger charge is 2.45. The zero-order valence-corrected chi connectivity index (χ0v) is 13.9. The molecule has 1 fully saturated rings. The highest BCUT2D eigenvalue weighted by atomic mass is 35.5. The molecule has 1 saturated heterocycles. The fraction of sp³-hybridized carbons (Fsp3) is 0.500. The van der Waals surface area contributed by atoms with Crippen LogP contribution in [0.4, 0.5) is 13.2 Å². The summed E-state index contributed by atoms with van der Waals surface area (Å²) >= 11 is 6.18. The molecule has 2 N–H and O–H groups in total. The number of carboxylic acids is 1. The zero-order chi connectivity index (χ0) is 18.7. The highest BCUT2D eigenvalue weighted by Crippen LogP contribution is 2.39. The summed E-state index contributed by atoms with van der Waals surface area (Å²) < 4.78 is 43.0. The topological polar surface area (TPSA) is 75.6 Å². The van der Waals surface area contributed by atoms with Crippen molar-refractivity contribution in [2.45, 2.75) is 36.9 Å². The number of carbonyl (C=O) groups is 2. The SMILES string of the molecule is O=C(O)C(CC(F)(F)F)NC(=O)C1(c2ccccc2Cl)CCOCC1. The summed E-state index contributed by atoms with van der Waals surface area (Å²) in [5.41, 5.74) is -0.774. The Morgan fingerprint density at radius 1 is 1.28 bits per heavy atom. The van der Waals surface area contributed by atoms with Crippen LogP contribution >= 0.6 is 11.6 Å². The first-order chi connectivity index (χ1) is 11.7. The maximum Gasteiger partial charge on any atom is 0.391 e. The van der Waals surface area contributed by atoms with Crippen LogP contribution in [0.15, 0.2) is 24.3 Å². The second-order valence-electron chi connectivity index (χ2n) is 5.86. The van der Waals surface area contributed by atoms with Crippen molar-refractivity contribution in [3.05, 3.63) is 34.9 Å². The largest absolute Gasteiger partial charge is 0.480 e. The highest BCUT2D eigenvalue weighted by molar-refractivity contribution is 6.31. The number of amides is 1. The van der Waals surface area contributed by atoms with Crippen molar-refractivity contribution in [2.75, 3.05) is 13.2 Å². The lowest BCUT2D eigenvalue weighted by Gasteiger charge is -2.37. The first-order valence-corrected chi connectivity index (χ1v) is 7.97. The average molecular weight is 380 g/mol. The van der Waals surface area contributed by atoms with Gasteiger partial charge in [0.1, 0.15) is 6.04 Å². The van der Waals surface area contributed by atoms with Crippen molar-refractivity contribution in [2.24, 2.45) is 0 Å². The lowest BCUT2D eigenvalue weighted by atomic mass is 9.73. The van der Waals surface area contributed by atoms with Crippen LogP contribution in [0.3, 0.4) is 0 Å². The molecule has 2 rings (SSSR count). The zero-order valence-electron chi connectivity index (χ0n) is 13.1. The van der Waals surface area contributed by atoms with E-state index in [1.54, 1.807) is 24.3 Å². The van der Waals surface area contributed by atoms with Crippen LogP contribution in [0.5, 0.6) is 0 Å². The Kier molecular flexibility index (Phi) is 5.95. The van der Waals surface area contributed by atoms with E-state index in [0.717, 1.165) is 0 Å². The smallest absolute Gasteiger partial charge is 0.391 e. The van der Waals surface area contributed by atoms with E-state index < -0.39 is 35.9 Å². The Labute approximate surface area is 147 Å². The van der Waals surface area contributed by atoms with Gasteiger partial charge in [0.15, 0.2) is 0 Å². The molecule has 0 bridgehead atoms. The molecule has 1 aliphatic rings. The van der Waals surface area contributed by atoms with Crippen LogP contribution in [0.25, 0.3) is 0 Å². The Morgan fingerprint density at radius 3 is 2.40 bits per heavy atom. The van der Waals surface area contributed by atoms with Crippen LogP contribution in [0, 0.1) is 0 Å². The third kappa shape index (κ3) is 4.64. The molecular weight excluding hydrogens is 363 g/mol. The van der Waals surface area contributed by atoms with E-state index in [-0.39, 0.29) is 26.1 Å². The molecule has 1 heterocycles. The summed E-state index contributed by atoms with van der Waals surface area (Å²) in [4.78, 5) is 24.0. The molecule has 1 amide bonds. The van der Waals surface area contributed by atoms with Crippen LogP contribution in [0.2, 0.25) is 5.02 Å². The molecule has 25 heavy (non-hydrogen) atoms. The number of benzene rings is 1. The van der Waals surface area contributed by atoms with Crippen LogP contribution in [-0.2, 0) is 19.7 Å². The van der Waals surface area contributed by atoms with E-state index in [0.29, 0.717) is 10.6 Å². The van der Waals surface area contributed by atoms with Crippen molar-refractivity contribution in [3.63, 3.8) is 0 Å². The molecule has 1 aromatic rings. The summed E-state index contributed by atoms with van der Waals surface area (Å²) in [6, 6.07) is 4.46. The number of rotatable bonds is 5. The minimum Gasteiger partial charge on any atom is -0.480 e. The Morgan fingerprint density at radius 2 is 1.88 bits per heavy atom. The van der Waals surface area contributed by atoms with Crippen LogP contribution in [-0.4, -0.2) is 42.4 Å². The summed E-state index contributed by atoms with van der Waals surface area (Å²) in [6.07, 6.45) is -5.98. The van der Waals surface area contributed by atoms with Gasteiger partial charge in [-0.3, -0.25) is 4.79 Å². The van der Waals surface area contributed by atoms with Gasteiger partial charge in [-0.1, -0.05) is 29.8 Å². The minimum absolute atomic E-state index is 0.195. The maximum absolute atomic E-state index is 12.8. The number of halogens is 4. The number of hydrogen-bond donors (Lipinski definition) is 2. The fourth-order valence-corrected chi connectivity index (χ4v) is 3.23. The molecule has 1 unspecified atom stereocenters.